The smallest absolute Gasteiger partial charge is 0.251 e. The molecule has 0 saturated heterocycles. The van der Waals surface area contributed by atoms with Gasteiger partial charge in [-0.25, -0.2) is 0 Å². The molecule has 0 bridgehead atoms. The highest BCUT2D eigenvalue weighted by Crippen LogP contribution is 2.42. The maximum Gasteiger partial charge on any atom is 0.251 e. The lowest BCUT2D eigenvalue weighted by Crippen LogP contribution is -2.57. The number of carbonyl (C=O) groups excluding carboxylic acids is 1. The molecule has 1 aliphatic rings. The van der Waals surface area contributed by atoms with Crippen molar-refractivity contribution in [2.24, 2.45) is 5.41 Å². The van der Waals surface area contributed by atoms with Crippen LogP contribution in [0.2, 0.25) is 0 Å². The molecule has 20 heavy (non-hydrogen) atoms. The van der Waals surface area contributed by atoms with Gasteiger partial charge in [0.15, 0.2) is 0 Å². The summed E-state index contributed by atoms with van der Waals surface area (Å²) in [6, 6.07) is 5.92. The predicted molar refractivity (Wildman–Crippen MR) is 81.0 cm³/mol. The zero-order valence-corrected chi connectivity index (χ0v) is 12.7. The van der Waals surface area contributed by atoms with E-state index < -0.39 is 0 Å². The van der Waals surface area contributed by atoms with Gasteiger partial charge in [-0.05, 0) is 38.0 Å². The number of aryl methyl sites for hydroxylation is 1. The van der Waals surface area contributed by atoms with Gasteiger partial charge in [-0.15, -0.1) is 0 Å². The van der Waals surface area contributed by atoms with Gasteiger partial charge in [0, 0.05) is 29.3 Å². The molecule has 1 aromatic carbocycles. The SMILES string of the molecule is CCNC(=O)c1ccc(C)c(NC2CC(O)C2(C)C)c1. The molecule has 0 aromatic heterocycles. The van der Waals surface area contributed by atoms with Crippen molar-refractivity contribution >= 4 is 11.6 Å². The summed E-state index contributed by atoms with van der Waals surface area (Å²) in [7, 11) is 0. The number of nitrogens with one attached hydrogen (secondary N) is 2. The van der Waals surface area contributed by atoms with E-state index in [9.17, 15) is 9.90 Å². The molecule has 0 spiro atoms. The fourth-order valence-electron chi connectivity index (χ4n) is 2.52. The Balaban J connectivity index is 2.16. The quantitative estimate of drug-likeness (QED) is 0.791. The third-order valence-corrected chi connectivity index (χ3v) is 4.38. The number of hydrogen-bond donors (Lipinski definition) is 3. The Kier molecular flexibility index (Phi) is 4.04. The lowest BCUT2D eigenvalue weighted by atomic mass is 9.64. The number of anilines is 1. The van der Waals surface area contributed by atoms with Gasteiger partial charge >= 0.3 is 0 Å². The number of benzene rings is 1. The first-order chi connectivity index (χ1) is 9.36. The van der Waals surface area contributed by atoms with Gasteiger partial charge < -0.3 is 15.7 Å². The van der Waals surface area contributed by atoms with E-state index in [1.165, 1.54) is 0 Å². The van der Waals surface area contributed by atoms with Crippen LogP contribution in [0.1, 0.15) is 43.1 Å². The molecule has 1 aromatic rings. The number of carbonyl (C=O) groups is 1. The molecule has 1 fully saturated rings. The van der Waals surface area contributed by atoms with Crippen LogP contribution in [0.3, 0.4) is 0 Å². The average molecular weight is 276 g/mol. The largest absolute Gasteiger partial charge is 0.392 e. The molecule has 0 heterocycles. The summed E-state index contributed by atoms with van der Waals surface area (Å²) in [6.45, 7) is 8.66. The van der Waals surface area contributed by atoms with E-state index in [1.54, 1.807) is 0 Å². The van der Waals surface area contributed by atoms with Gasteiger partial charge in [-0.3, -0.25) is 4.79 Å². The molecule has 2 atom stereocenters. The third-order valence-electron chi connectivity index (χ3n) is 4.38. The number of amides is 1. The van der Waals surface area contributed by atoms with Crippen LogP contribution in [-0.4, -0.2) is 29.7 Å². The topological polar surface area (TPSA) is 61.4 Å². The zero-order valence-electron chi connectivity index (χ0n) is 12.7. The molecule has 4 nitrogen and oxygen atoms in total. The lowest BCUT2D eigenvalue weighted by Gasteiger charge is -2.50. The Bertz CT molecular complexity index is 511. The Morgan fingerprint density at radius 1 is 1.45 bits per heavy atom. The van der Waals surface area contributed by atoms with Crippen molar-refractivity contribution in [3.63, 3.8) is 0 Å². The molecule has 0 aliphatic heterocycles. The van der Waals surface area contributed by atoms with Crippen LogP contribution in [-0.2, 0) is 0 Å². The van der Waals surface area contributed by atoms with Gasteiger partial charge in [0.2, 0.25) is 0 Å². The highest BCUT2D eigenvalue weighted by molar-refractivity contribution is 5.95. The van der Waals surface area contributed by atoms with Crippen molar-refractivity contribution in [1.29, 1.82) is 0 Å². The Hall–Kier alpha value is -1.55. The summed E-state index contributed by atoms with van der Waals surface area (Å²) < 4.78 is 0. The first kappa shape index (κ1) is 14.9. The fourth-order valence-corrected chi connectivity index (χ4v) is 2.52. The van der Waals surface area contributed by atoms with Crippen molar-refractivity contribution in [1.82, 2.24) is 5.32 Å². The summed E-state index contributed by atoms with van der Waals surface area (Å²) in [4.78, 5) is 11.9. The zero-order chi connectivity index (χ0) is 14.9. The van der Waals surface area contributed by atoms with Crippen LogP contribution >= 0.6 is 0 Å². The minimum Gasteiger partial charge on any atom is -0.392 e. The minimum atomic E-state index is -0.258. The average Bonchev–Trinajstić information content (AvgIpc) is 2.40. The normalized spacial score (nSPS) is 23.9. The van der Waals surface area contributed by atoms with Crippen LogP contribution in [0.15, 0.2) is 18.2 Å². The molecule has 2 rings (SSSR count). The molecule has 0 radical (unpaired) electrons. The summed E-state index contributed by atoms with van der Waals surface area (Å²) in [6.07, 6.45) is 0.490. The molecular weight excluding hydrogens is 252 g/mol. The highest BCUT2D eigenvalue weighted by Gasteiger charge is 2.47. The van der Waals surface area contributed by atoms with Crippen molar-refractivity contribution < 1.29 is 9.90 Å². The highest BCUT2D eigenvalue weighted by atomic mass is 16.3. The molecule has 1 aliphatic carbocycles. The minimum absolute atomic E-state index is 0.0524. The van der Waals surface area contributed by atoms with Gasteiger partial charge in [-0.2, -0.15) is 0 Å². The molecule has 3 N–H and O–H groups in total. The molecular formula is C16H24N2O2. The number of hydrogen-bond acceptors (Lipinski definition) is 3. The second-order valence-corrected chi connectivity index (χ2v) is 6.16. The van der Waals surface area contributed by atoms with Crippen LogP contribution < -0.4 is 10.6 Å². The van der Waals surface area contributed by atoms with Crippen molar-refractivity contribution in [3.05, 3.63) is 29.3 Å². The second-order valence-electron chi connectivity index (χ2n) is 6.16. The summed E-state index contributed by atoms with van der Waals surface area (Å²) in [5, 5.41) is 16.1. The van der Waals surface area contributed by atoms with Gasteiger partial charge in [0.05, 0.1) is 6.10 Å². The van der Waals surface area contributed by atoms with Crippen molar-refractivity contribution in [2.45, 2.75) is 46.3 Å². The van der Waals surface area contributed by atoms with Gasteiger partial charge in [0.25, 0.3) is 5.91 Å². The molecule has 1 saturated carbocycles. The number of aliphatic hydroxyl groups is 1. The summed E-state index contributed by atoms with van der Waals surface area (Å²) in [5.41, 5.74) is 2.61. The Morgan fingerprint density at radius 2 is 2.15 bits per heavy atom. The maximum atomic E-state index is 11.9. The molecule has 1 amide bonds. The van der Waals surface area contributed by atoms with Crippen molar-refractivity contribution in [2.75, 3.05) is 11.9 Å². The molecule has 2 unspecified atom stereocenters. The van der Waals surface area contributed by atoms with E-state index in [0.717, 1.165) is 17.7 Å². The van der Waals surface area contributed by atoms with Crippen molar-refractivity contribution in [3.8, 4) is 0 Å². The van der Waals surface area contributed by atoms with Gasteiger partial charge in [-0.1, -0.05) is 19.9 Å². The number of aliphatic hydroxyl groups excluding tert-OH is 1. The predicted octanol–water partition coefficient (Wildman–Crippen LogP) is 2.32. The van der Waals surface area contributed by atoms with Gasteiger partial charge in [0.1, 0.15) is 0 Å². The van der Waals surface area contributed by atoms with E-state index in [2.05, 4.69) is 24.5 Å². The van der Waals surface area contributed by atoms with E-state index in [4.69, 9.17) is 0 Å². The first-order valence-electron chi connectivity index (χ1n) is 7.19. The van der Waals surface area contributed by atoms with Crippen LogP contribution in [0.5, 0.6) is 0 Å². The van der Waals surface area contributed by atoms with E-state index in [1.807, 2.05) is 32.0 Å². The van der Waals surface area contributed by atoms with Crippen LogP contribution in [0, 0.1) is 12.3 Å². The summed E-state index contributed by atoms with van der Waals surface area (Å²) in [5.74, 6) is -0.0524. The van der Waals surface area contributed by atoms with Crippen LogP contribution in [0.25, 0.3) is 0 Å². The van der Waals surface area contributed by atoms with E-state index in [-0.39, 0.29) is 23.5 Å². The molecule has 4 heteroatoms. The standard InChI is InChI=1S/C16H24N2O2/c1-5-17-15(20)11-7-6-10(2)12(8-11)18-13-9-14(19)16(13,3)4/h6-8,13-14,18-19H,5,9H2,1-4H3,(H,17,20). The Morgan fingerprint density at radius 3 is 2.70 bits per heavy atom. The third kappa shape index (κ3) is 2.66. The summed E-state index contributed by atoms with van der Waals surface area (Å²) >= 11 is 0. The Labute approximate surface area is 120 Å². The maximum absolute atomic E-state index is 11.9. The van der Waals surface area contributed by atoms with E-state index >= 15 is 0 Å². The monoisotopic (exact) mass is 276 g/mol. The molecule has 110 valence electrons. The first-order valence-corrected chi connectivity index (χ1v) is 7.19. The second kappa shape index (κ2) is 5.44. The van der Waals surface area contributed by atoms with Crippen LogP contribution in [0.4, 0.5) is 5.69 Å². The fraction of sp³-hybridized carbons (Fsp3) is 0.562. The van der Waals surface area contributed by atoms with E-state index in [0.29, 0.717) is 12.1 Å². The lowest BCUT2D eigenvalue weighted by molar-refractivity contribution is -0.0510. The number of rotatable bonds is 4.